The number of nitrogens with zero attached hydrogens (tertiary/aromatic N) is 2. The Morgan fingerprint density at radius 2 is 2.04 bits per heavy atom. The Bertz CT molecular complexity index is 742. The predicted octanol–water partition coefficient (Wildman–Crippen LogP) is 2.41. The molecular formula is C19H25N3O4S. The Kier molecular flexibility index (Phi) is 7.17. The normalized spacial score (nSPS) is 14.9. The summed E-state index contributed by atoms with van der Waals surface area (Å²) < 4.78 is 16.0. The highest BCUT2D eigenvalue weighted by Gasteiger charge is 2.13. The summed E-state index contributed by atoms with van der Waals surface area (Å²) in [6, 6.07) is 7.90. The van der Waals surface area contributed by atoms with E-state index in [2.05, 4.69) is 15.2 Å². The molecule has 3 rings (SSSR count). The lowest BCUT2D eigenvalue weighted by atomic mass is 10.1. The summed E-state index contributed by atoms with van der Waals surface area (Å²) in [5, 5.41) is 3.33. The molecule has 1 aromatic carbocycles. The molecule has 1 saturated heterocycles. The van der Waals surface area contributed by atoms with E-state index >= 15 is 0 Å². The van der Waals surface area contributed by atoms with Gasteiger partial charge in [-0.25, -0.2) is 4.98 Å². The van der Waals surface area contributed by atoms with Gasteiger partial charge in [0.25, 0.3) is 5.91 Å². The molecule has 8 heteroatoms. The van der Waals surface area contributed by atoms with Gasteiger partial charge in [0.15, 0.2) is 5.13 Å². The van der Waals surface area contributed by atoms with Crippen LogP contribution in [0.15, 0.2) is 24.3 Å². The van der Waals surface area contributed by atoms with Crippen LogP contribution < -0.4 is 10.1 Å². The third-order valence-corrected chi connectivity index (χ3v) is 5.11. The molecule has 1 aromatic heterocycles. The van der Waals surface area contributed by atoms with E-state index in [-0.39, 0.29) is 12.5 Å². The number of ether oxygens (including phenoxy) is 3. The van der Waals surface area contributed by atoms with Gasteiger partial charge < -0.3 is 14.2 Å². The van der Waals surface area contributed by atoms with Crippen LogP contribution in [0.5, 0.6) is 5.75 Å². The quantitative estimate of drug-likeness (QED) is 0.745. The monoisotopic (exact) mass is 391 g/mol. The number of nitrogens with one attached hydrogen (secondary N) is 1. The number of anilines is 1. The molecule has 2 aromatic rings. The minimum atomic E-state index is -0.207. The molecule has 0 bridgehead atoms. The van der Waals surface area contributed by atoms with Gasteiger partial charge in [0.1, 0.15) is 19.0 Å². The minimum absolute atomic E-state index is 0.0183. The lowest BCUT2D eigenvalue weighted by molar-refractivity contribution is -0.119. The molecular weight excluding hydrogens is 366 g/mol. The zero-order valence-electron chi connectivity index (χ0n) is 15.7. The van der Waals surface area contributed by atoms with Crippen molar-refractivity contribution in [3.8, 4) is 17.0 Å². The zero-order chi connectivity index (χ0) is 19.1. The number of rotatable bonds is 8. The molecule has 1 aliphatic heterocycles. The number of amides is 1. The SMILES string of the molecule is COCC(=O)Nc1nc(-c2ccc(OCCN3CCOCC3)cc2)c(C)s1. The summed E-state index contributed by atoms with van der Waals surface area (Å²) in [5.74, 6) is 0.635. The Balaban J connectivity index is 1.55. The zero-order valence-corrected chi connectivity index (χ0v) is 16.5. The highest BCUT2D eigenvalue weighted by Crippen LogP contribution is 2.31. The van der Waals surface area contributed by atoms with Crippen LogP contribution in [0, 0.1) is 6.92 Å². The molecule has 1 N–H and O–H groups in total. The summed E-state index contributed by atoms with van der Waals surface area (Å²) in [7, 11) is 1.49. The van der Waals surface area contributed by atoms with E-state index in [9.17, 15) is 4.79 Å². The van der Waals surface area contributed by atoms with Gasteiger partial charge >= 0.3 is 0 Å². The van der Waals surface area contributed by atoms with Crippen LogP contribution in [0.2, 0.25) is 0 Å². The number of morpholine rings is 1. The number of hydrogen-bond acceptors (Lipinski definition) is 7. The van der Waals surface area contributed by atoms with Crippen molar-refractivity contribution in [2.24, 2.45) is 0 Å². The smallest absolute Gasteiger partial charge is 0.252 e. The Morgan fingerprint density at radius 1 is 1.30 bits per heavy atom. The van der Waals surface area contributed by atoms with Crippen molar-refractivity contribution in [2.75, 3.05) is 58.5 Å². The second-order valence-electron chi connectivity index (χ2n) is 6.23. The van der Waals surface area contributed by atoms with Gasteiger partial charge in [-0.3, -0.25) is 15.0 Å². The largest absolute Gasteiger partial charge is 0.492 e. The highest BCUT2D eigenvalue weighted by atomic mass is 32.1. The first kappa shape index (κ1) is 19.8. The molecule has 0 atom stereocenters. The van der Waals surface area contributed by atoms with Gasteiger partial charge in [-0.05, 0) is 31.2 Å². The van der Waals surface area contributed by atoms with Crippen LogP contribution in [0.4, 0.5) is 5.13 Å². The number of aromatic nitrogens is 1. The molecule has 146 valence electrons. The number of benzene rings is 1. The molecule has 0 spiro atoms. The first-order valence-corrected chi connectivity index (χ1v) is 9.77. The van der Waals surface area contributed by atoms with Crippen molar-refractivity contribution < 1.29 is 19.0 Å². The van der Waals surface area contributed by atoms with Crippen molar-refractivity contribution in [2.45, 2.75) is 6.92 Å². The number of carbonyl (C=O) groups is 1. The molecule has 1 fully saturated rings. The summed E-state index contributed by atoms with van der Waals surface area (Å²) in [4.78, 5) is 19.5. The van der Waals surface area contributed by atoms with Crippen molar-refractivity contribution in [3.05, 3.63) is 29.1 Å². The fourth-order valence-corrected chi connectivity index (χ4v) is 3.68. The van der Waals surface area contributed by atoms with Crippen molar-refractivity contribution >= 4 is 22.4 Å². The number of aryl methyl sites for hydroxylation is 1. The van der Waals surface area contributed by atoms with Gasteiger partial charge in [-0.1, -0.05) is 0 Å². The number of carbonyl (C=O) groups excluding carboxylic acids is 1. The van der Waals surface area contributed by atoms with Gasteiger partial charge in [-0.2, -0.15) is 0 Å². The highest BCUT2D eigenvalue weighted by molar-refractivity contribution is 7.16. The number of methoxy groups -OCH3 is 1. The van der Waals surface area contributed by atoms with E-state index in [4.69, 9.17) is 14.2 Å². The van der Waals surface area contributed by atoms with Crippen LogP contribution in [0.25, 0.3) is 11.3 Å². The molecule has 0 aliphatic carbocycles. The van der Waals surface area contributed by atoms with E-state index in [1.54, 1.807) is 0 Å². The number of hydrogen-bond donors (Lipinski definition) is 1. The van der Waals surface area contributed by atoms with Crippen LogP contribution in [0.1, 0.15) is 4.88 Å². The third kappa shape index (κ3) is 5.74. The first-order chi connectivity index (χ1) is 13.2. The maximum atomic E-state index is 11.6. The van der Waals surface area contributed by atoms with E-state index < -0.39 is 0 Å². The van der Waals surface area contributed by atoms with Crippen LogP contribution in [-0.2, 0) is 14.3 Å². The second kappa shape index (κ2) is 9.80. The molecule has 27 heavy (non-hydrogen) atoms. The molecule has 0 radical (unpaired) electrons. The average molecular weight is 391 g/mol. The molecule has 0 saturated carbocycles. The van der Waals surface area contributed by atoms with E-state index in [1.807, 2.05) is 31.2 Å². The second-order valence-corrected chi connectivity index (χ2v) is 7.44. The molecule has 0 unspecified atom stereocenters. The Morgan fingerprint density at radius 3 is 2.74 bits per heavy atom. The average Bonchev–Trinajstić information content (AvgIpc) is 3.03. The lowest BCUT2D eigenvalue weighted by Gasteiger charge is -2.26. The van der Waals surface area contributed by atoms with E-state index in [0.29, 0.717) is 11.7 Å². The van der Waals surface area contributed by atoms with Gasteiger partial charge in [0.05, 0.1) is 18.9 Å². The summed E-state index contributed by atoms with van der Waals surface area (Å²) >= 11 is 1.45. The van der Waals surface area contributed by atoms with Gasteiger partial charge in [-0.15, -0.1) is 11.3 Å². The van der Waals surface area contributed by atoms with Gasteiger partial charge in [0.2, 0.25) is 0 Å². The van der Waals surface area contributed by atoms with E-state index in [0.717, 1.165) is 54.7 Å². The third-order valence-electron chi connectivity index (χ3n) is 4.23. The minimum Gasteiger partial charge on any atom is -0.492 e. The fraction of sp³-hybridized carbons (Fsp3) is 0.474. The Hall–Kier alpha value is -2.00. The molecule has 7 nitrogen and oxygen atoms in total. The van der Waals surface area contributed by atoms with Crippen molar-refractivity contribution in [1.29, 1.82) is 0 Å². The van der Waals surface area contributed by atoms with Crippen molar-refractivity contribution in [1.82, 2.24) is 9.88 Å². The van der Waals surface area contributed by atoms with Crippen LogP contribution in [-0.4, -0.2) is 69.0 Å². The standard InChI is InChI=1S/C19H25N3O4S/c1-14-18(21-19(27-14)20-17(23)13-24-2)15-3-5-16(6-4-15)26-12-9-22-7-10-25-11-8-22/h3-6H,7-13H2,1-2H3,(H,20,21,23). The van der Waals surface area contributed by atoms with Crippen LogP contribution >= 0.6 is 11.3 Å². The molecule has 1 aliphatic rings. The summed E-state index contributed by atoms with van der Waals surface area (Å²) in [5.41, 5.74) is 1.86. The number of thiazole rings is 1. The molecule has 2 heterocycles. The maximum absolute atomic E-state index is 11.6. The van der Waals surface area contributed by atoms with Crippen LogP contribution in [0.3, 0.4) is 0 Å². The molecule has 1 amide bonds. The van der Waals surface area contributed by atoms with E-state index in [1.165, 1.54) is 18.4 Å². The summed E-state index contributed by atoms with van der Waals surface area (Å²) in [6.07, 6.45) is 0. The maximum Gasteiger partial charge on any atom is 0.252 e. The fourth-order valence-electron chi connectivity index (χ4n) is 2.83. The predicted molar refractivity (Wildman–Crippen MR) is 106 cm³/mol. The Labute approximate surface area is 163 Å². The topological polar surface area (TPSA) is 72.9 Å². The van der Waals surface area contributed by atoms with Gasteiger partial charge in [0, 0.05) is 37.2 Å². The van der Waals surface area contributed by atoms with Crippen molar-refractivity contribution in [3.63, 3.8) is 0 Å². The summed E-state index contributed by atoms with van der Waals surface area (Å²) in [6.45, 7) is 7.11. The first-order valence-electron chi connectivity index (χ1n) is 8.95. The lowest BCUT2D eigenvalue weighted by Crippen LogP contribution is -2.38.